The molecule has 11 rings (SSSR count). The Morgan fingerprint density at radius 3 is 1.04 bits per heavy atom. The lowest BCUT2D eigenvalue weighted by Gasteiger charge is -2.26. The van der Waals surface area contributed by atoms with Crippen LogP contribution in [-0.2, 0) is 0 Å². The summed E-state index contributed by atoms with van der Waals surface area (Å²) in [4.78, 5) is 2.36. The van der Waals surface area contributed by atoms with Crippen LogP contribution in [-0.4, -0.2) is 0 Å². The van der Waals surface area contributed by atoms with E-state index in [2.05, 4.69) is 217 Å². The maximum Gasteiger partial charge on any atom is 0.0462 e. The van der Waals surface area contributed by atoms with Crippen molar-refractivity contribution in [2.24, 2.45) is 0 Å². The molecule has 0 fully saturated rings. The molecular formula is C54H35NS2. The average Bonchev–Trinajstić information content (AvgIpc) is 3.87. The van der Waals surface area contributed by atoms with Crippen molar-refractivity contribution >= 4 is 80.1 Å². The summed E-state index contributed by atoms with van der Waals surface area (Å²) in [5.74, 6) is 0. The van der Waals surface area contributed by atoms with E-state index < -0.39 is 0 Å². The van der Waals surface area contributed by atoms with Crippen LogP contribution in [0, 0.1) is 0 Å². The Labute approximate surface area is 340 Å². The predicted molar refractivity (Wildman–Crippen MR) is 249 cm³/mol. The maximum atomic E-state index is 2.36. The average molecular weight is 762 g/mol. The Morgan fingerprint density at radius 2 is 0.579 bits per heavy atom. The Balaban J connectivity index is 0.936. The van der Waals surface area contributed by atoms with E-state index in [1.54, 1.807) is 0 Å². The van der Waals surface area contributed by atoms with Gasteiger partial charge in [0.1, 0.15) is 0 Å². The highest BCUT2D eigenvalue weighted by Gasteiger charge is 2.16. The van der Waals surface area contributed by atoms with Gasteiger partial charge in [-0.25, -0.2) is 0 Å². The molecule has 0 aliphatic carbocycles. The van der Waals surface area contributed by atoms with Gasteiger partial charge in [-0.3, -0.25) is 0 Å². The number of thiophene rings is 2. The van der Waals surface area contributed by atoms with E-state index >= 15 is 0 Å². The molecule has 1 nitrogen and oxygen atoms in total. The summed E-state index contributed by atoms with van der Waals surface area (Å²) in [6.07, 6.45) is 0. The standard InChI is InChI=1S/C54H35NS2/c1-2-10-36(11-3-1)38-24-30-42(31-25-38)55(44-34-28-41(29-35-44)46-15-9-17-50-48-13-5-7-19-52(48)57-54(46)50)43-32-26-39(27-33-43)37-20-22-40(23-21-37)45-14-8-16-49-47-12-4-6-18-51(47)56-53(45)49/h1-35H. The molecule has 11 aromatic rings. The molecular weight excluding hydrogens is 727 g/mol. The molecule has 0 bridgehead atoms. The summed E-state index contributed by atoms with van der Waals surface area (Å²) in [6, 6.07) is 77.4. The van der Waals surface area contributed by atoms with Gasteiger partial charge in [0, 0.05) is 57.4 Å². The van der Waals surface area contributed by atoms with Gasteiger partial charge in [-0.2, -0.15) is 0 Å². The van der Waals surface area contributed by atoms with Crippen molar-refractivity contribution in [1.29, 1.82) is 0 Å². The van der Waals surface area contributed by atoms with Crippen LogP contribution in [0.15, 0.2) is 212 Å². The zero-order valence-corrected chi connectivity index (χ0v) is 32.6. The molecule has 9 aromatic carbocycles. The first kappa shape index (κ1) is 33.5. The molecule has 0 unspecified atom stereocenters. The molecule has 57 heavy (non-hydrogen) atoms. The fraction of sp³-hybridized carbons (Fsp3) is 0. The van der Waals surface area contributed by atoms with Gasteiger partial charge in [-0.15, -0.1) is 22.7 Å². The highest BCUT2D eigenvalue weighted by Crippen LogP contribution is 2.43. The van der Waals surface area contributed by atoms with Gasteiger partial charge in [0.25, 0.3) is 0 Å². The molecule has 0 amide bonds. The molecule has 0 atom stereocenters. The van der Waals surface area contributed by atoms with Crippen molar-refractivity contribution in [3.05, 3.63) is 212 Å². The van der Waals surface area contributed by atoms with E-state index in [0.717, 1.165) is 17.1 Å². The first-order chi connectivity index (χ1) is 28.2. The Kier molecular flexibility index (Phi) is 8.28. The largest absolute Gasteiger partial charge is 0.311 e. The topological polar surface area (TPSA) is 3.24 Å². The second-order valence-corrected chi connectivity index (χ2v) is 16.6. The van der Waals surface area contributed by atoms with Crippen LogP contribution < -0.4 is 4.90 Å². The van der Waals surface area contributed by atoms with Gasteiger partial charge in [0.15, 0.2) is 0 Å². The Bertz CT molecular complexity index is 3190. The zero-order chi connectivity index (χ0) is 37.7. The second-order valence-electron chi connectivity index (χ2n) is 14.5. The van der Waals surface area contributed by atoms with E-state index in [0.29, 0.717) is 0 Å². The van der Waals surface area contributed by atoms with Crippen molar-refractivity contribution in [2.45, 2.75) is 0 Å². The van der Waals surface area contributed by atoms with Crippen LogP contribution in [0.4, 0.5) is 17.1 Å². The minimum Gasteiger partial charge on any atom is -0.311 e. The van der Waals surface area contributed by atoms with Crippen LogP contribution >= 0.6 is 22.7 Å². The number of benzene rings is 9. The zero-order valence-electron chi connectivity index (χ0n) is 31.0. The summed E-state index contributed by atoms with van der Waals surface area (Å²) in [5, 5.41) is 5.30. The molecule has 268 valence electrons. The SMILES string of the molecule is c1ccc(-c2ccc(N(c3ccc(-c4ccc(-c5cccc6c5sc5ccccc56)cc4)cc3)c3ccc(-c4cccc5c4sc4ccccc45)cc3)cc2)cc1. The summed E-state index contributed by atoms with van der Waals surface area (Å²) in [5.41, 5.74) is 13.2. The van der Waals surface area contributed by atoms with Crippen molar-refractivity contribution in [3.63, 3.8) is 0 Å². The second kappa shape index (κ2) is 14.1. The number of hydrogen-bond donors (Lipinski definition) is 0. The first-order valence-corrected chi connectivity index (χ1v) is 21.0. The van der Waals surface area contributed by atoms with E-state index in [4.69, 9.17) is 0 Å². The summed E-state index contributed by atoms with van der Waals surface area (Å²) in [7, 11) is 0. The Morgan fingerprint density at radius 1 is 0.246 bits per heavy atom. The minimum atomic E-state index is 1.11. The van der Waals surface area contributed by atoms with Crippen LogP contribution in [0.25, 0.3) is 84.9 Å². The van der Waals surface area contributed by atoms with Crippen molar-refractivity contribution in [1.82, 2.24) is 0 Å². The number of nitrogens with zero attached hydrogens (tertiary/aromatic N) is 1. The smallest absolute Gasteiger partial charge is 0.0462 e. The summed E-state index contributed by atoms with van der Waals surface area (Å²) in [6.45, 7) is 0. The quantitative estimate of drug-likeness (QED) is 0.156. The molecule has 0 saturated heterocycles. The monoisotopic (exact) mass is 761 g/mol. The molecule has 0 aliphatic rings. The van der Waals surface area contributed by atoms with E-state index in [-0.39, 0.29) is 0 Å². The highest BCUT2D eigenvalue weighted by atomic mass is 32.1. The van der Waals surface area contributed by atoms with E-state index in [9.17, 15) is 0 Å². The molecule has 0 saturated carbocycles. The normalized spacial score (nSPS) is 11.5. The van der Waals surface area contributed by atoms with Gasteiger partial charge in [0.2, 0.25) is 0 Å². The molecule has 2 heterocycles. The van der Waals surface area contributed by atoms with Crippen LogP contribution in [0.3, 0.4) is 0 Å². The lowest BCUT2D eigenvalue weighted by molar-refractivity contribution is 1.28. The van der Waals surface area contributed by atoms with E-state index in [1.807, 2.05) is 22.7 Å². The van der Waals surface area contributed by atoms with Crippen LogP contribution in [0.1, 0.15) is 0 Å². The molecule has 0 spiro atoms. The lowest BCUT2D eigenvalue weighted by atomic mass is 9.98. The summed E-state index contributed by atoms with van der Waals surface area (Å²) < 4.78 is 5.34. The van der Waals surface area contributed by atoms with Crippen molar-refractivity contribution < 1.29 is 0 Å². The minimum absolute atomic E-state index is 1.11. The molecule has 3 heteroatoms. The summed E-state index contributed by atoms with van der Waals surface area (Å²) >= 11 is 3.76. The Hall–Kier alpha value is -6.78. The highest BCUT2D eigenvalue weighted by molar-refractivity contribution is 7.26. The number of anilines is 3. The van der Waals surface area contributed by atoms with Gasteiger partial charge in [0.05, 0.1) is 0 Å². The number of rotatable bonds is 7. The molecule has 0 N–H and O–H groups in total. The van der Waals surface area contributed by atoms with Crippen molar-refractivity contribution in [2.75, 3.05) is 4.90 Å². The fourth-order valence-corrected chi connectivity index (χ4v) is 10.7. The van der Waals surface area contributed by atoms with Gasteiger partial charge < -0.3 is 4.90 Å². The predicted octanol–water partition coefficient (Wildman–Crippen LogP) is 16.6. The van der Waals surface area contributed by atoms with E-state index in [1.165, 1.54) is 84.9 Å². The molecule has 0 radical (unpaired) electrons. The number of fused-ring (bicyclic) bond motifs is 6. The third kappa shape index (κ3) is 6.00. The van der Waals surface area contributed by atoms with Gasteiger partial charge >= 0.3 is 0 Å². The van der Waals surface area contributed by atoms with Crippen LogP contribution in [0.2, 0.25) is 0 Å². The number of hydrogen-bond acceptors (Lipinski definition) is 3. The van der Waals surface area contributed by atoms with Gasteiger partial charge in [-0.1, -0.05) is 164 Å². The molecule has 2 aromatic heterocycles. The van der Waals surface area contributed by atoms with Crippen molar-refractivity contribution in [3.8, 4) is 44.5 Å². The third-order valence-electron chi connectivity index (χ3n) is 11.1. The van der Waals surface area contributed by atoms with Gasteiger partial charge in [-0.05, 0) is 93.0 Å². The lowest BCUT2D eigenvalue weighted by Crippen LogP contribution is -2.09. The molecule has 0 aliphatic heterocycles. The first-order valence-electron chi connectivity index (χ1n) is 19.3. The fourth-order valence-electron chi connectivity index (χ4n) is 8.27. The van der Waals surface area contributed by atoms with Crippen LogP contribution in [0.5, 0.6) is 0 Å². The third-order valence-corrected chi connectivity index (χ3v) is 13.6. The maximum absolute atomic E-state index is 2.36.